The van der Waals surface area contributed by atoms with Crippen LogP contribution in [-0.4, -0.2) is 4.92 Å². The van der Waals surface area contributed by atoms with Crippen molar-refractivity contribution in [2.45, 2.75) is 6.54 Å². The molecule has 0 atom stereocenters. The van der Waals surface area contributed by atoms with E-state index in [9.17, 15) is 23.3 Å². The van der Waals surface area contributed by atoms with Crippen LogP contribution in [0.25, 0.3) is 0 Å². The third kappa shape index (κ3) is 2.87. The van der Waals surface area contributed by atoms with Crippen LogP contribution in [0.3, 0.4) is 0 Å². The van der Waals surface area contributed by atoms with Crippen molar-refractivity contribution in [3.05, 3.63) is 69.5 Å². The highest BCUT2D eigenvalue weighted by molar-refractivity contribution is 5.61. The molecule has 2 aromatic carbocycles. The molecule has 0 radical (unpaired) electrons. The maximum atomic E-state index is 13.4. The van der Waals surface area contributed by atoms with Crippen LogP contribution in [0.15, 0.2) is 36.4 Å². The standard InChI is InChI=1S/C13H9F3N2O2/c14-8-4-5-13(18(19)20)12(6-8)17-7-9-10(15)2-1-3-11(9)16/h1-6,17H,7H2. The van der Waals surface area contributed by atoms with E-state index in [1.807, 2.05) is 0 Å². The number of rotatable bonds is 4. The van der Waals surface area contributed by atoms with Crippen LogP contribution in [0.1, 0.15) is 5.56 Å². The van der Waals surface area contributed by atoms with Gasteiger partial charge in [-0.25, -0.2) is 13.2 Å². The molecule has 0 unspecified atom stereocenters. The Hall–Kier alpha value is -2.57. The van der Waals surface area contributed by atoms with Gasteiger partial charge in [-0.2, -0.15) is 0 Å². The Balaban J connectivity index is 2.27. The highest BCUT2D eigenvalue weighted by Gasteiger charge is 2.15. The molecular weight excluding hydrogens is 273 g/mol. The van der Waals surface area contributed by atoms with Gasteiger partial charge in [-0.1, -0.05) is 6.07 Å². The zero-order valence-electron chi connectivity index (χ0n) is 10.1. The Bertz CT molecular complexity index is 642. The van der Waals surface area contributed by atoms with Crippen molar-refractivity contribution in [2.75, 3.05) is 5.32 Å². The lowest BCUT2D eigenvalue weighted by Gasteiger charge is -2.09. The highest BCUT2D eigenvalue weighted by atomic mass is 19.1. The van der Waals surface area contributed by atoms with Crippen LogP contribution < -0.4 is 5.32 Å². The number of hydrogen-bond acceptors (Lipinski definition) is 3. The molecule has 104 valence electrons. The summed E-state index contributed by atoms with van der Waals surface area (Å²) in [6.07, 6.45) is 0. The third-order valence-electron chi connectivity index (χ3n) is 2.67. The fourth-order valence-corrected chi connectivity index (χ4v) is 1.69. The van der Waals surface area contributed by atoms with E-state index in [1.54, 1.807) is 0 Å². The Morgan fingerprint density at radius 1 is 1.10 bits per heavy atom. The Labute approximate surface area is 112 Å². The van der Waals surface area contributed by atoms with E-state index in [0.29, 0.717) is 0 Å². The lowest BCUT2D eigenvalue weighted by molar-refractivity contribution is -0.384. The van der Waals surface area contributed by atoms with Gasteiger partial charge in [-0.05, 0) is 18.2 Å². The Morgan fingerprint density at radius 3 is 2.35 bits per heavy atom. The van der Waals surface area contributed by atoms with Crippen molar-refractivity contribution in [1.29, 1.82) is 0 Å². The number of nitrogens with one attached hydrogen (secondary N) is 1. The number of nitro groups is 1. The van der Waals surface area contributed by atoms with Gasteiger partial charge in [0.25, 0.3) is 5.69 Å². The van der Waals surface area contributed by atoms with Crippen LogP contribution in [0.4, 0.5) is 24.5 Å². The van der Waals surface area contributed by atoms with Crippen molar-refractivity contribution >= 4 is 11.4 Å². The van der Waals surface area contributed by atoms with Gasteiger partial charge in [-0.15, -0.1) is 0 Å². The van der Waals surface area contributed by atoms with Gasteiger partial charge in [0.05, 0.1) is 4.92 Å². The lowest BCUT2D eigenvalue weighted by Crippen LogP contribution is -2.06. The molecule has 4 nitrogen and oxygen atoms in total. The van der Waals surface area contributed by atoms with Gasteiger partial charge in [0.15, 0.2) is 0 Å². The molecular formula is C13H9F3N2O2. The van der Waals surface area contributed by atoms with Crippen LogP contribution in [0.2, 0.25) is 0 Å². The zero-order chi connectivity index (χ0) is 14.7. The normalized spacial score (nSPS) is 10.3. The van der Waals surface area contributed by atoms with Gasteiger partial charge in [0.2, 0.25) is 0 Å². The molecule has 0 aromatic heterocycles. The maximum absolute atomic E-state index is 13.4. The first-order chi connectivity index (χ1) is 9.49. The second kappa shape index (κ2) is 5.60. The summed E-state index contributed by atoms with van der Waals surface area (Å²) in [5, 5.41) is 13.2. The van der Waals surface area contributed by atoms with Gasteiger partial charge in [0, 0.05) is 24.2 Å². The monoisotopic (exact) mass is 282 g/mol. The van der Waals surface area contributed by atoms with Gasteiger partial charge < -0.3 is 5.32 Å². The quantitative estimate of drug-likeness (QED) is 0.688. The first kappa shape index (κ1) is 13.9. The smallest absolute Gasteiger partial charge is 0.292 e. The zero-order valence-corrected chi connectivity index (χ0v) is 10.1. The minimum absolute atomic E-state index is 0.141. The van der Waals surface area contributed by atoms with E-state index in [-0.39, 0.29) is 23.5 Å². The summed E-state index contributed by atoms with van der Waals surface area (Å²) in [5.74, 6) is -2.25. The second-order valence-electron chi connectivity index (χ2n) is 3.97. The summed E-state index contributed by atoms with van der Waals surface area (Å²) >= 11 is 0. The summed E-state index contributed by atoms with van der Waals surface area (Å²) < 4.78 is 39.9. The number of nitro benzene ring substituents is 1. The summed E-state index contributed by atoms with van der Waals surface area (Å²) in [7, 11) is 0. The molecule has 0 bridgehead atoms. The van der Waals surface area contributed by atoms with E-state index < -0.39 is 22.4 Å². The van der Waals surface area contributed by atoms with E-state index in [2.05, 4.69) is 5.32 Å². The third-order valence-corrected chi connectivity index (χ3v) is 2.67. The van der Waals surface area contributed by atoms with E-state index in [0.717, 1.165) is 30.3 Å². The molecule has 0 aliphatic heterocycles. The van der Waals surface area contributed by atoms with Crippen molar-refractivity contribution in [1.82, 2.24) is 0 Å². The van der Waals surface area contributed by atoms with Crippen LogP contribution in [0.5, 0.6) is 0 Å². The van der Waals surface area contributed by atoms with Crippen molar-refractivity contribution < 1.29 is 18.1 Å². The van der Waals surface area contributed by atoms with Crippen LogP contribution in [0, 0.1) is 27.6 Å². The molecule has 0 spiro atoms. The SMILES string of the molecule is O=[N+]([O-])c1ccc(F)cc1NCc1c(F)cccc1F. The molecule has 2 aromatic rings. The fourth-order valence-electron chi connectivity index (χ4n) is 1.69. The number of benzene rings is 2. The molecule has 0 aliphatic carbocycles. The average molecular weight is 282 g/mol. The summed E-state index contributed by atoms with van der Waals surface area (Å²) in [6, 6.07) is 6.16. The Morgan fingerprint density at radius 2 is 1.75 bits per heavy atom. The van der Waals surface area contributed by atoms with Gasteiger partial charge in [-0.3, -0.25) is 10.1 Å². The van der Waals surface area contributed by atoms with Crippen molar-refractivity contribution in [2.24, 2.45) is 0 Å². The predicted molar refractivity (Wildman–Crippen MR) is 66.7 cm³/mol. The van der Waals surface area contributed by atoms with Gasteiger partial charge in [0.1, 0.15) is 23.1 Å². The van der Waals surface area contributed by atoms with E-state index in [1.165, 1.54) is 6.07 Å². The van der Waals surface area contributed by atoms with Crippen LogP contribution >= 0.6 is 0 Å². The molecule has 0 aliphatic rings. The molecule has 0 saturated carbocycles. The summed E-state index contributed by atoms with van der Waals surface area (Å²) in [5.41, 5.74) is -0.785. The van der Waals surface area contributed by atoms with Crippen LogP contribution in [-0.2, 0) is 6.54 Å². The molecule has 2 rings (SSSR count). The van der Waals surface area contributed by atoms with E-state index in [4.69, 9.17) is 0 Å². The molecule has 0 heterocycles. The van der Waals surface area contributed by atoms with Gasteiger partial charge >= 0.3 is 0 Å². The van der Waals surface area contributed by atoms with Crippen molar-refractivity contribution in [3.63, 3.8) is 0 Å². The molecule has 7 heteroatoms. The fraction of sp³-hybridized carbons (Fsp3) is 0.0769. The summed E-state index contributed by atoms with van der Waals surface area (Å²) in [4.78, 5) is 10.1. The molecule has 0 fully saturated rings. The molecule has 0 amide bonds. The topological polar surface area (TPSA) is 55.2 Å². The largest absolute Gasteiger partial charge is 0.375 e. The highest BCUT2D eigenvalue weighted by Crippen LogP contribution is 2.26. The number of anilines is 1. The minimum atomic E-state index is -0.781. The summed E-state index contributed by atoms with van der Waals surface area (Å²) in [6.45, 7) is -0.331. The maximum Gasteiger partial charge on any atom is 0.292 e. The molecule has 20 heavy (non-hydrogen) atoms. The average Bonchev–Trinajstić information content (AvgIpc) is 2.37. The van der Waals surface area contributed by atoms with Crippen molar-refractivity contribution in [3.8, 4) is 0 Å². The molecule has 1 N–H and O–H groups in total. The lowest BCUT2D eigenvalue weighted by atomic mass is 10.2. The predicted octanol–water partition coefficient (Wildman–Crippen LogP) is 3.62. The number of halogens is 3. The number of hydrogen-bond donors (Lipinski definition) is 1. The second-order valence-corrected chi connectivity index (χ2v) is 3.97. The molecule has 0 saturated heterocycles. The minimum Gasteiger partial charge on any atom is -0.375 e. The first-order valence-corrected chi connectivity index (χ1v) is 5.59. The van der Waals surface area contributed by atoms with E-state index >= 15 is 0 Å². The first-order valence-electron chi connectivity index (χ1n) is 5.59. The Kier molecular flexibility index (Phi) is 3.88. The number of nitrogens with zero attached hydrogens (tertiary/aromatic N) is 1.